The Labute approximate surface area is 74.1 Å². The van der Waals surface area contributed by atoms with Gasteiger partial charge >= 0.3 is 0 Å². The Morgan fingerprint density at radius 1 is 1.23 bits per heavy atom. The molecule has 0 amide bonds. The van der Waals surface area contributed by atoms with Gasteiger partial charge in [0.15, 0.2) is 0 Å². The molecule has 0 aromatic carbocycles. The number of anilines is 1. The van der Waals surface area contributed by atoms with Crippen LogP contribution in [0.1, 0.15) is 12.0 Å². The molecular formula is C7H10FN3O2. The summed E-state index contributed by atoms with van der Waals surface area (Å²) in [6, 6.07) is 0. The highest BCUT2D eigenvalue weighted by molar-refractivity contribution is 5.38. The maximum atomic E-state index is 11.8. The van der Waals surface area contributed by atoms with Crippen LogP contribution in [0, 0.1) is 0 Å². The quantitative estimate of drug-likeness (QED) is 0.635. The fourth-order valence-corrected chi connectivity index (χ4v) is 0.944. The van der Waals surface area contributed by atoms with Gasteiger partial charge in [0.1, 0.15) is 0 Å². The molecule has 1 aromatic rings. The fourth-order valence-electron chi connectivity index (χ4n) is 0.944. The normalized spacial score (nSPS) is 10.2. The summed E-state index contributed by atoms with van der Waals surface area (Å²) in [5.74, 6) is -0.990. The number of alkyl halides is 1. The maximum Gasteiger partial charge on any atom is 0.226 e. The van der Waals surface area contributed by atoms with Crippen LogP contribution in [0.3, 0.4) is 0 Å². The van der Waals surface area contributed by atoms with Crippen molar-refractivity contribution >= 4 is 5.95 Å². The van der Waals surface area contributed by atoms with Crippen molar-refractivity contribution < 1.29 is 14.6 Å². The van der Waals surface area contributed by atoms with E-state index in [1.165, 1.54) is 0 Å². The predicted octanol–water partition coefficient (Wildman–Crippen LogP) is 0.372. The molecule has 4 N–H and O–H groups in total. The van der Waals surface area contributed by atoms with Crippen LogP contribution < -0.4 is 5.73 Å². The third kappa shape index (κ3) is 2.17. The molecule has 0 aliphatic carbocycles. The Kier molecular flexibility index (Phi) is 2.84. The van der Waals surface area contributed by atoms with E-state index in [2.05, 4.69) is 9.97 Å². The maximum absolute atomic E-state index is 11.8. The van der Waals surface area contributed by atoms with Gasteiger partial charge in [0, 0.05) is 0 Å². The molecule has 0 spiro atoms. The minimum absolute atomic E-state index is 0.131. The van der Waals surface area contributed by atoms with Crippen molar-refractivity contribution in [2.75, 3.05) is 12.4 Å². The summed E-state index contributed by atoms with van der Waals surface area (Å²) in [5, 5.41) is 18.4. The van der Waals surface area contributed by atoms with Gasteiger partial charge in [-0.05, 0) is 12.8 Å². The zero-order valence-electron chi connectivity index (χ0n) is 6.87. The lowest BCUT2D eigenvalue weighted by molar-refractivity contribution is 0.403. The van der Waals surface area contributed by atoms with Crippen LogP contribution in [-0.4, -0.2) is 26.9 Å². The van der Waals surface area contributed by atoms with Crippen molar-refractivity contribution in [3.8, 4) is 11.8 Å². The molecule has 0 unspecified atom stereocenters. The van der Waals surface area contributed by atoms with Gasteiger partial charge in [-0.3, -0.25) is 4.39 Å². The second-order valence-corrected chi connectivity index (χ2v) is 2.50. The number of hydrogen-bond acceptors (Lipinski definition) is 5. The van der Waals surface area contributed by atoms with E-state index < -0.39 is 18.4 Å². The second-order valence-electron chi connectivity index (χ2n) is 2.50. The molecular weight excluding hydrogens is 177 g/mol. The molecule has 1 heterocycles. The Morgan fingerprint density at radius 2 is 1.77 bits per heavy atom. The number of rotatable bonds is 3. The molecule has 0 aliphatic rings. The van der Waals surface area contributed by atoms with Gasteiger partial charge in [-0.15, -0.1) is 0 Å². The molecule has 5 nitrogen and oxygen atoms in total. The Morgan fingerprint density at radius 3 is 2.23 bits per heavy atom. The molecule has 0 saturated heterocycles. The lowest BCUT2D eigenvalue weighted by Crippen LogP contribution is -1.99. The average Bonchev–Trinajstić information content (AvgIpc) is 2.02. The van der Waals surface area contributed by atoms with Crippen LogP contribution in [0.2, 0.25) is 0 Å². The van der Waals surface area contributed by atoms with E-state index in [0.717, 1.165) is 0 Å². The topological polar surface area (TPSA) is 92.3 Å². The molecule has 72 valence electrons. The first-order valence-electron chi connectivity index (χ1n) is 3.75. The van der Waals surface area contributed by atoms with Crippen molar-refractivity contribution in [1.82, 2.24) is 9.97 Å². The van der Waals surface area contributed by atoms with Crippen molar-refractivity contribution in [2.45, 2.75) is 12.8 Å². The van der Waals surface area contributed by atoms with Crippen molar-refractivity contribution in [1.29, 1.82) is 0 Å². The molecule has 13 heavy (non-hydrogen) atoms. The summed E-state index contributed by atoms with van der Waals surface area (Å²) < 4.78 is 11.8. The molecule has 1 aromatic heterocycles. The molecule has 0 radical (unpaired) electrons. The first kappa shape index (κ1) is 9.50. The first-order chi connectivity index (χ1) is 6.15. The van der Waals surface area contributed by atoms with Crippen LogP contribution in [0.25, 0.3) is 0 Å². The van der Waals surface area contributed by atoms with Crippen molar-refractivity contribution in [2.24, 2.45) is 0 Å². The van der Waals surface area contributed by atoms with E-state index in [-0.39, 0.29) is 24.4 Å². The molecule has 6 heteroatoms. The molecule has 0 aliphatic heterocycles. The van der Waals surface area contributed by atoms with Gasteiger partial charge in [-0.2, -0.15) is 9.97 Å². The zero-order valence-corrected chi connectivity index (χ0v) is 6.87. The Hall–Kier alpha value is -1.59. The number of nitrogens with zero attached hydrogens (tertiary/aromatic N) is 2. The number of aromatic hydroxyl groups is 2. The monoisotopic (exact) mass is 187 g/mol. The zero-order chi connectivity index (χ0) is 9.84. The fraction of sp³-hybridized carbons (Fsp3) is 0.429. The number of aromatic nitrogens is 2. The number of halogens is 1. The minimum Gasteiger partial charge on any atom is -0.493 e. The molecule has 0 fully saturated rings. The minimum atomic E-state index is -0.525. The van der Waals surface area contributed by atoms with Crippen LogP contribution in [-0.2, 0) is 6.42 Å². The third-order valence-electron chi connectivity index (χ3n) is 1.54. The highest BCUT2D eigenvalue weighted by Gasteiger charge is 2.11. The summed E-state index contributed by atoms with van der Waals surface area (Å²) in [7, 11) is 0. The van der Waals surface area contributed by atoms with Crippen LogP contribution in [0.4, 0.5) is 10.3 Å². The second kappa shape index (κ2) is 3.88. The largest absolute Gasteiger partial charge is 0.493 e. The summed E-state index contributed by atoms with van der Waals surface area (Å²) in [6.07, 6.45) is 0.392. The lowest BCUT2D eigenvalue weighted by atomic mass is 10.2. The smallest absolute Gasteiger partial charge is 0.226 e. The van der Waals surface area contributed by atoms with Crippen molar-refractivity contribution in [3.05, 3.63) is 5.56 Å². The van der Waals surface area contributed by atoms with Crippen LogP contribution >= 0.6 is 0 Å². The van der Waals surface area contributed by atoms with E-state index in [0.29, 0.717) is 0 Å². The first-order valence-corrected chi connectivity index (χ1v) is 3.75. The Bertz CT molecular complexity index is 283. The molecule has 1 rings (SSSR count). The van der Waals surface area contributed by atoms with E-state index in [9.17, 15) is 14.6 Å². The summed E-state index contributed by atoms with van der Waals surface area (Å²) >= 11 is 0. The van der Waals surface area contributed by atoms with Crippen LogP contribution in [0.5, 0.6) is 11.8 Å². The Balaban J connectivity index is 2.92. The predicted molar refractivity (Wildman–Crippen MR) is 44.1 cm³/mol. The number of nitrogen functional groups attached to an aromatic ring is 1. The third-order valence-corrected chi connectivity index (χ3v) is 1.54. The summed E-state index contributed by atoms with van der Waals surface area (Å²) in [5.41, 5.74) is 5.27. The van der Waals surface area contributed by atoms with E-state index in [1.807, 2.05) is 0 Å². The van der Waals surface area contributed by atoms with Gasteiger partial charge in [-0.1, -0.05) is 0 Å². The molecule has 0 bridgehead atoms. The van der Waals surface area contributed by atoms with Crippen LogP contribution in [0.15, 0.2) is 0 Å². The number of nitrogens with two attached hydrogens (primary N) is 1. The molecule has 0 atom stereocenters. The van der Waals surface area contributed by atoms with Gasteiger partial charge in [-0.25, -0.2) is 0 Å². The lowest BCUT2D eigenvalue weighted by Gasteiger charge is -2.04. The van der Waals surface area contributed by atoms with Gasteiger partial charge in [0.2, 0.25) is 17.7 Å². The van der Waals surface area contributed by atoms with Gasteiger partial charge in [0.05, 0.1) is 12.2 Å². The SMILES string of the molecule is Nc1nc(O)c(CCCF)c(O)n1. The van der Waals surface area contributed by atoms with E-state index in [1.54, 1.807) is 0 Å². The molecule has 0 saturated carbocycles. The van der Waals surface area contributed by atoms with E-state index in [4.69, 9.17) is 5.73 Å². The highest BCUT2D eigenvalue weighted by atomic mass is 19.1. The van der Waals surface area contributed by atoms with Crippen molar-refractivity contribution in [3.63, 3.8) is 0 Å². The van der Waals surface area contributed by atoms with Gasteiger partial charge < -0.3 is 15.9 Å². The average molecular weight is 187 g/mol. The van der Waals surface area contributed by atoms with E-state index >= 15 is 0 Å². The summed E-state index contributed by atoms with van der Waals surface area (Å²) in [4.78, 5) is 6.85. The summed E-state index contributed by atoms with van der Waals surface area (Å²) in [6.45, 7) is -0.525. The standard InChI is InChI=1S/C7H10FN3O2/c8-3-1-2-4-5(12)10-7(9)11-6(4)13/h1-3H2,(H4,9,10,11,12,13). The highest BCUT2D eigenvalue weighted by Crippen LogP contribution is 2.24. The van der Waals surface area contributed by atoms with Gasteiger partial charge in [0.25, 0.3) is 0 Å². The number of hydrogen-bond donors (Lipinski definition) is 3.